The van der Waals surface area contributed by atoms with Crippen LogP contribution in [0, 0.1) is 0 Å². The number of nitrogens with one attached hydrogen (secondary N) is 2. The van der Waals surface area contributed by atoms with Crippen LogP contribution in [0.15, 0.2) is 48.5 Å². The molecule has 0 aliphatic rings. The van der Waals surface area contributed by atoms with Crippen LogP contribution < -0.4 is 20.1 Å². The number of ether oxygens (including phenoxy) is 2. The normalized spacial score (nSPS) is 10.6. The summed E-state index contributed by atoms with van der Waals surface area (Å²) in [6, 6.07) is 15.3. The van der Waals surface area contributed by atoms with E-state index in [4.69, 9.17) is 9.47 Å². The first-order valence-electron chi connectivity index (χ1n) is 8.47. The smallest absolute Gasteiger partial charge is 0.238 e. The third-order valence-electron chi connectivity index (χ3n) is 3.56. The molecule has 2 aromatic carbocycles. The second-order valence-electron chi connectivity index (χ2n) is 5.98. The lowest BCUT2D eigenvalue weighted by Crippen LogP contribution is -2.29. The van der Waals surface area contributed by atoms with Gasteiger partial charge < -0.3 is 20.1 Å². The molecule has 5 heteroatoms. The average Bonchev–Trinajstić information content (AvgIpc) is 2.60. The summed E-state index contributed by atoms with van der Waals surface area (Å²) in [7, 11) is 1.66. The number of carbonyl (C=O) groups excluding carboxylic acids is 1. The third kappa shape index (κ3) is 6.47. The van der Waals surface area contributed by atoms with Crippen LogP contribution in [0.3, 0.4) is 0 Å². The summed E-state index contributed by atoms with van der Waals surface area (Å²) >= 11 is 0. The number of amides is 1. The van der Waals surface area contributed by atoms with E-state index in [9.17, 15) is 4.79 Å². The van der Waals surface area contributed by atoms with Crippen LogP contribution in [-0.4, -0.2) is 32.2 Å². The molecule has 0 aliphatic heterocycles. The third-order valence-corrected chi connectivity index (χ3v) is 3.56. The van der Waals surface area contributed by atoms with Gasteiger partial charge in [0.15, 0.2) is 0 Å². The molecule has 25 heavy (non-hydrogen) atoms. The first-order chi connectivity index (χ1) is 12.1. The summed E-state index contributed by atoms with van der Waals surface area (Å²) in [6.45, 7) is 4.92. The van der Waals surface area contributed by atoms with Crippen molar-refractivity contribution in [2.45, 2.75) is 26.4 Å². The van der Waals surface area contributed by atoms with Crippen molar-refractivity contribution in [3.8, 4) is 11.5 Å². The SMILES string of the molecule is COc1ccccc1CCNCC(=O)Nc1ccc(OC(C)C)cc1. The minimum Gasteiger partial charge on any atom is -0.496 e. The summed E-state index contributed by atoms with van der Waals surface area (Å²) in [4.78, 5) is 12.0. The van der Waals surface area contributed by atoms with Gasteiger partial charge in [0.2, 0.25) is 5.91 Å². The van der Waals surface area contributed by atoms with Gasteiger partial charge in [-0.1, -0.05) is 18.2 Å². The molecule has 2 rings (SSSR count). The van der Waals surface area contributed by atoms with E-state index in [1.807, 2.05) is 62.4 Å². The Morgan fingerprint density at radius 2 is 1.80 bits per heavy atom. The van der Waals surface area contributed by atoms with Crippen molar-refractivity contribution in [2.75, 3.05) is 25.5 Å². The van der Waals surface area contributed by atoms with E-state index in [0.29, 0.717) is 6.54 Å². The molecule has 0 unspecified atom stereocenters. The maximum Gasteiger partial charge on any atom is 0.238 e. The molecule has 134 valence electrons. The lowest BCUT2D eigenvalue weighted by atomic mass is 10.1. The lowest BCUT2D eigenvalue weighted by molar-refractivity contribution is -0.115. The Morgan fingerprint density at radius 3 is 2.48 bits per heavy atom. The number of hydrogen-bond acceptors (Lipinski definition) is 4. The molecule has 0 saturated carbocycles. The monoisotopic (exact) mass is 342 g/mol. The van der Waals surface area contributed by atoms with Crippen LogP contribution in [0.2, 0.25) is 0 Å². The Morgan fingerprint density at radius 1 is 1.08 bits per heavy atom. The Kier molecular flexibility index (Phi) is 7.29. The topological polar surface area (TPSA) is 59.6 Å². The van der Waals surface area contributed by atoms with Crippen LogP contribution >= 0.6 is 0 Å². The van der Waals surface area contributed by atoms with Crippen molar-refractivity contribution in [2.24, 2.45) is 0 Å². The first kappa shape index (κ1) is 18.8. The maximum atomic E-state index is 12.0. The molecule has 0 bridgehead atoms. The second-order valence-corrected chi connectivity index (χ2v) is 5.98. The Balaban J connectivity index is 1.72. The highest BCUT2D eigenvalue weighted by Crippen LogP contribution is 2.18. The average molecular weight is 342 g/mol. The highest BCUT2D eigenvalue weighted by Gasteiger charge is 2.05. The van der Waals surface area contributed by atoms with Gasteiger partial charge in [-0.25, -0.2) is 0 Å². The van der Waals surface area contributed by atoms with E-state index in [-0.39, 0.29) is 18.6 Å². The quantitative estimate of drug-likeness (QED) is 0.687. The maximum absolute atomic E-state index is 12.0. The number of para-hydroxylation sites is 1. The van der Waals surface area contributed by atoms with Crippen molar-refractivity contribution < 1.29 is 14.3 Å². The fourth-order valence-electron chi connectivity index (χ4n) is 2.43. The van der Waals surface area contributed by atoms with E-state index in [0.717, 1.165) is 29.2 Å². The zero-order valence-corrected chi connectivity index (χ0v) is 15.0. The summed E-state index contributed by atoms with van der Waals surface area (Å²) in [6.07, 6.45) is 0.936. The molecular formula is C20H26N2O3. The number of carbonyl (C=O) groups is 1. The van der Waals surface area contributed by atoms with Gasteiger partial charge in [-0.15, -0.1) is 0 Å². The van der Waals surface area contributed by atoms with E-state index < -0.39 is 0 Å². The molecule has 0 radical (unpaired) electrons. The van der Waals surface area contributed by atoms with Gasteiger partial charge in [-0.05, 0) is 62.7 Å². The standard InChI is InChI=1S/C20H26N2O3/c1-15(2)25-18-10-8-17(9-11-18)22-20(23)14-21-13-12-16-6-4-5-7-19(16)24-3/h4-11,15,21H,12-14H2,1-3H3,(H,22,23). The van der Waals surface area contributed by atoms with E-state index in [2.05, 4.69) is 10.6 Å². The molecule has 0 aliphatic carbocycles. The summed E-state index contributed by atoms with van der Waals surface area (Å²) in [5.74, 6) is 1.60. The van der Waals surface area contributed by atoms with Crippen LogP contribution in [0.4, 0.5) is 5.69 Å². The fraction of sp³-hybridized carbons (Fsp3) is 0.350. The molecule has 2 N–H and O–H groups in total. The summed E-state index contributed by atoms with van der Waals surface area (Å²) in [5.41, 5.74) is 1.88. The molecule has 1 amide bonds. The molecule has 0 saturated heterocycles. The van der Waals surface area contributed by atoms with Gasteiger partial charge in [0.1, 0.15) is 11.5 Å². The molecule has 0 spiro atoms. The molecule has 5 nitrogen and oxygen atoms in total. The molecular weight excluding hydrogens is 316 g/mol. The number of benzene rings is 2. The molecule has 0 heterocycles. The summed E-state index contributed by atoms with van der Waals surface area (Å²) in [5, 5.41) is 6.01. The van der Waals surface area contributed by atoms with E-state index >= 15 is 0 Å². The van der Waals surface area contributed by atoms with Crippen LogP contribution in [-0.2, 0) is 11.2 Å². The number of methoxy groups -OCH3 is 1. The first-order valence-corrected chi connectivity index (χ1v) is 8.47. The highest BCUT2D eigenvalue weighted by atomic mass is 16.5. The van der Waals surface area contributed by atoms with Gasteiger partial charge in [0.25, 0.3) is 0 Å². The van der Waals surface area contributed by atoms with Crippen LogP contribution in [0.5, 0.6) is 11.5 Å². The predicted octanol–water partition coefficient (Wildman–Crippen LogP) is 3.25. The molecule has 0 fully saturated rings. The number of rotatable bonds is 9. The van der Waals surface area contributed by atoms with Gasteiger partial charge in [0, 0.05) is 5.69 Å². The lowest BCUT2D eigenvalue weighted by Gasteiger charge is -2.11. The van der Waals surface area contributed by atoms with E-state index in [1.165, 1.54) is 0 Å². The Hall–Kier alpha value is -2.53. The van der Waals surface area contributed by atoms with Crippen LogP contribution in [0.1, 0.15) is 19.4 Å². The van der Waals surface area contributed by atoms with Crippen molar-refractivity contribution in [3.63, 3.8) is 0 Å². The van der Waals surface area contributed by atoms with Crippen molar-refractivity contribution >= 4 is 11.6 Å². The van der Waals surface area contributed by atoms with Gasteiger partial charge in [0.05, 0.1) is 19.8 Å². The zero-order valence-electron chi connectivity index (χ0n) is 15.0. The van der Waals surface area contributed by atoms with Gasteiger partial charge in [-0.2, -0.15) is 0 Å². The van der Waals surface area contributed by atoms with Crippen LogP contribution in [0.25, 0.3) is 0 Å². The van der Waals surface area contributed by atoms with Crippen molar-refractivity contribution in [3.05, 3.63) is 54.1 Å². The van der Waals surface area contributed by atoms with E-state index in [1.54, 1.807) is 7.11 Å². The largest absolute Gasteiger partial charge is 0.496 e. The predicted molar refractivity (Wildman–Crippen MR) is 100 cm³/mol. The molecule has 2 aromatic rings. The fourth-order valence-corrected chi connectivity index (χ4v) is 2.43. The second kappa shape index (κ2) is 9.69. The van der Waals surface area contributed by atoms with Gasteiger partial charge in [-0.3, -0.25) is 4.79 Å². The highest BCUT2D eigenvalue weighted by molar-refractivity contribution is 5.92. The molecule has 0 aromatic heterocycles. The van der Waals surface area contributed by atoms with Crippen molar-refractivity contribution in [1.29, 1.82) is 0 Å². The molecule has 0 atom stereocenters. The zero-order chi connectivity index (χ0) is 18.1. The van der Waals surface area contributed by atoms with Crippen molar-refractivity contribution in [1.82, 2.24) is 5.32 Å². The van der Waals surface area contributed by atoms with Gasteiger partial charge >= 0.3 is 0 Å². The minimum atomic E-state index is -0.0717. The minimum absolute atomic E-state index is 0.0717. The Bertz CT molecular complexity index is 669. The number of anilines is 1. The summed E-state index contributed by atoms with van der Waals surface area (Å²) < 4.78 is 10.9. The number of hydrogen-bond donors (Lipinski definition) is 2. The Labute approximate surface area is 149 Å².